The van der Waals surface area contributed by atoms with Gasteiger partial charge in [0.1, 0.15) is 0 Å². The first-order valence-corrected chi connectivity index (χ1v) is 6.08. The van der Waals surface area contributed by atoms with Gasteiger partial charge in [-0.25, -0.2) is 0 Å². The molecule has 0 aliphatic heterocycles. The van der Waals surface area contributed by atoms with E-state index in [0.29, 0.717) is 0 Å². The van der Waals surface area contributed by atoms with Gasteiger partial charge in [-0.15, -0.1) is 0 Å². The van der Waals surface area contributed by atoms with Gasteiger partial charge in [-0.05, 0) is 18.2 Å². The molecule has 0 saturated carbocycles. The molecule has 0 amide bonds. The minimum Gasteiger partial charge on any atom is -0.350 e. The Morgan fingerprint density at radius 2 is 1.95 bits per heavy atom. The summed E-state index contributed by atoms with van der Waals surface area (Å²) in [7, 11) is 2.04. The predicted octanol–water partition coefficient (Wildman–Crippen LogP) is 3.02. The summed E-state index contributed by atoms with van der Waals surface area (Å²) >= 11 is 0. The highest BCUT2D eigenvalue weighted by atomic mass is 15.3. The van der Waals surface area contributed by atoms with Gasteiger partial charge in [0.05, 0.1) is 11.9 Å². The van der Waals surface area contributed by atoms with E-state index in [0.717, 1.165) is 11.3 Å². The Morgan fingerprint density at radius 1 is 1.16 bits per heavy atom. The summed E-state index contributed by atoms with van der Waals surface area (Å²) in [6, 6.07) is 12.0. The molecule has 0 unspecified atom stereocenters. The number of aryl methyl sites for hydroxylation is 1. The maximum Gasteiger partial charge on any atom is 0.0592 e. The number of aromatic nitrogens is 2. The second kappa shape index (κ2) is 4.94. The van der Waals surface area contributed by atoms with E-state index < -0.39 is 0 Å². The molecule has 0 saturated heterocycles. The molecule has 0 aliphatic carbocycles. The van der Waals surface area contributed by atoms with Crippen molar-refractivity contribution in [3.05, 3.63) is 60.6 Å². The number of hydrogen-bond donors (Lipinski definition) is 1. The first-order chi connectivity index (χ1) is 9.34. The van der Waals surface area contributed by atoms with Crippen molar-refractivity contribution in [1.82, 2.24) is 9.55 Å². The predicted molar refractivity (Wildman–Crippen MR) is 78.4 cm³/mol. The molecule has 0 atom stereocenters. The molecular weight excluding hydrogens is 236 g/mol. The summed E-state index contributed by atoms with van der Waals surface area (Å²) in [6.07, 6.45) is 7.37. The van der Waals surface area contributed by atoms with Crippen LogP contribution in [0.5, 0.6) is 0 Å². The highest BCUT2D eigenvalue weighted by Crippen LogP contribution is 2.18. The Bertz CT molecular complexity index is 713. The maximum absolute atomic E-state index is 4.26. The Hall–Kier alpha value is -2.62. The van der Waals surface area contributed by atoms with E-state index >= 15 is 0 Å². The molecule has 0 fully saturated rings. The number of fused-ring (bicyclic) bond motifs is 1. The van der Waals surface area contributed by atoms with Crippen molar-refractivity contribution >= 4 is 22.8 Å². The molecule has 0 bridgehead atoms. The molecule has 1 N–H and O–H groups in total. The molecule has 4 nitrogen and oxygen atoms in total. The number of nitrogens with one attached hydrogen (secondary N) is 1. The standard InChI is InChI=1S/C15H14N4/c1-19-11-12(14-4-2-3-5-15(14)19)10-17-18-13-6-8-16-9-7-13/h2-11H,1H3,(H,16,18)/b17-10-. The van der Waals surface area contributed by atoms with Crippen LogP contribution in [0.15, 0.2) is 60.1 Å². The van der Waals surface area contributed by atoms with E-state index in [1.54, 1.807) is 12.4 Å². The van der Waals surface area contributed by atoms with Crippen LogP contribution in [0.1, 0.15) is 5.56 Å². The van der Waals surface area contributed by atoms with Crippen LogP contribution in [0.4, 0.5) is 5.69 Å². The second-order valence-corrected chi connectivity index (χ2v) is 4.32. The third-order valence-electron chi connectivity index (χ3n) is 3.01. The van der Waals surface area contributed by atoms with Crippen LogP contribution in [-0.4, -0.2) is 15.8 Å². The van der Waals surface area contributed by atoms with Gasteiger partial charge in [-0.1, -0.05) is 18.2 Å². The largest absolute Gasteiger partial charge is 0.350 e. The van der Waals surface area contributed by atoms with E-state index in [1.165, 1.54) is 10.9 Å². The zero-order valence-corrected chi connectivity index (χ0v) is 10.6. The monoisotopic (exact) mass is 250 g/mol. The lowest BCUT2D eigenvalue weighted by Gasteiger charge is -1.97. The van der Waals surface area contributed by atoms with Crippen LogP contribution in [0.2, 0.25) is 0 Å². The van der Waals surface area contributed by atoms with E-state index in [4.69, 9.17) is 0 Å². The SMILES string of the molecule is Cn1cc(/C=N\Nc2ccncc2)c2ccccc21. The molecule has 0 aliphatic rings. The number of nitrogens with zero attached hydrogens (tertiary/aromatic N) is 3. The van der Waals surface area contributed by atoms with Crippen molar-refractivity contribution in [3.8, 4) is 0 Å². The molecule has 2 heterocycles. The van der Waals surface area contributed by atoms with E-state index in [9.17, 15) is 0 Å². The number of para-hydroxylation sites is 1. The van der Waals surface area contributed by atoms with E-state index in [1.807, 2.05) is 37.5 Å². The lowest BCUT2D eigenvalue weighted by Crippen LogP contribution is -1.90. The van der Waals surface area contributed by atoms with Crippen molar-refractivity contribution in [2.24, 2.45) is 12.1 Å². The fourth-order valence-electron chi connectivity index (χ4n) is 2.08. The van der Waals surface area contributed by atoms with Gasteiger partial charge in [0, 0.05) is 42.1 Å². The van der Waals surface area contributed by atoms with Gasteiger partial charge in [-0.2, -0.15) is 5.10 Å². The lowest BCUT2D eigenvalue weighted by atomic mass is 10.2. The highest BCUT2D eigenvalue weighted by Gasteiger charge is 2.02. The average Bonchev–Trinajstić information content (AvgIpc) is 2.78. The summed E-state index contributed by atoms with van der Waals surface area (Å²) < 4.78 is 2.10. The van der Waals surface area contributed by atoms with Crippen molar-refractivity contribution in [2.45, 2.75) is 0 Å². The van der Waals surface area contributed by atoms with Gasteiger partial charge in [0.15, 0.2) is 0 Å². The van der Waals surface area contributed by atoms with Crippen LogP contribution in [0, 0.1) is 0 Å². The fourth-order valence-corrected chi connectivity index (χ4v) is 2.08. The van der Waals surface area contributed by atoms with Crippen LogP contribution < -0.4 is 5.43 Å². The minimum atomic E-state index is 0.923. The number of rotatable bonds is 3. The van der Waals surface area contributed by atoms with Gasteiger partial charge < -0.3 is 4.57 Å². The van der Waals surface area contributed by atoms with Gasteiger partial charge in [0.25, 0.3) is 0 Å². The van der Waals surface area contributed by atoms with Crippen molar-refractivity contribution in [3.63, 3.8) is 0 Å². The molecule has 94 valence electrons. The second-order valence-electron chi connectivity index (χ2n) is 4.32. The Labute approximate surface area is 111 Å². The maximum atomic E-state index is 4.26. The minimum absolute atomic E-state index is 0.923. The summed E-state index contributed by atoms with van der Waals surface area (Å²) in [4.78, 5) is 3.96. The van der Waals surface area contributed by atoms with Crippen LogP contribution in [0.3, 0.4) is 0 Å². The van der Waals surface area contributed by atoms with Crippen LogP contribution in [0.25, 0.3) is 10.9 Å². The average molecular weight is 250 g/mol. The van der Waals surface area contributed by atoms with Crippen molar-refractivity contribution < 1.29 is 0 Å². The van der Waals surface area contributed by atoms with E-state index in [2.05, 4.69) is 38.4 Å². The Balaban J connectivity index is 1.86. The molecule has 3 rings (SSSR count). The molecule has 19 heavy (non-hydrogen) atoms. The van der Waals surface area contributed by atoms with Gasteiger partial charge in [0.2, 0.25) is 0 Å². The molecule has 2 aromatic heterocycles. The van der Waals surface area contributed by atoms with Crippen molar-refractivity contribution in [1.29, 1.82) is 0 Å². The Morgan fingerprint density at radius 3 is 2.79 bits per heavy atom. The smallest absolute Gasteiger partial charge is 0.0592 e. The number of benzene rings is 1. The molecule has 0 spiro atoms. The van der Waals surface area contributed by atoms with Gasteiger partial charge in [-0.3, -0.25) is 10.4 Å². The van der Waals surface area contributed by atoms with Gasteiger partial charge >= 0.3 is 0 Å². The normalized spacial score (nSPS) is 11.2. The zero-order chi connectivity index (χ0) is 13.1. The number of pyridine rings is 1. The quantitative estimate of drug-likeness (QED) is 0.573. The number of anilines is 1. The molecule has 3 aromatic rings. The molecular formula is C15H14N4. The molecule has 1 aromatic carbocycles. The summed E-state index contributed by atoms with van der Waals surface area (Å²) in [5.41, 5.74) is 6.21. The lowest BCUT2D eigenvalue weighted by molar-refractivity contribution is 0.968. The van der Waals surface area contributed by atoms with Crippen molar-refractivity contribution in [2.75, 3.05) is 5.43 Å². The van der Waals surface area contributed by atoms with Crippen LogP contribution >= 0.6 is 0 Å². The zero-order valence-electron chi connectivity index (χ0n) is 10.6. The first-order valence-electron chi connectivity index (χ1n) is 6.08. The highest BCUT2D eigenvalue weighted by molar-refractivity contribution is 5.99. The fraction of sp³-hybridized carbons (Fsp3) is 0.0667. The molecule has 4 heteroatoms. The first kappa shape index (κ1) is 11.5. The summed E-state index contributed by atoms with van der Waals surface area (Å²) in [6.45, 7) is 0. The number of hydrogen-bond acceptors (Lipinski definition) is 3. The summed E-state index contributed by atoms with van der Waals surface area (Å²) in [5.74, 6) is 0. The Kier molecular flexibility index (Phi) is 2.98. The summed E-state index contributed by atoms with van der Waals surface area (Å²) in [5, 5.41) is 5.46. The third-order valence-corrected chi connectivity index (χ3v) is 3.01. The molecule has 0 radical (unpaired) electrons. The van der Waals surface area contributed by atoms with Crippen LogP contribution in [-0.2, 0) is 7.05 Å². The topological polar surface area (TPSA) is 42.2 Å². The number of hydrazone groups is 1. The van der Waals surface area contributed by atoms with E-state index in [-0.39, 0.29) is 0 Å². The third kappa shape index (κ3) is 2.33.